The molecule has 1 saturated heterocycles. The van der Waals surface area contributed by atoms with E-state index < -0.39 is 0 Å². The standard InChI is InChI=1S/C15H30N2O2/c1-5-9-13-15(18)17(14(6-2)16-13)10-7-8-11-19-12(3)4/h12-14,16H,5-11H2,1-4H3. The number of carbonyl (C=O) groups is 1. The molecule has 0 aromatic rings. The molecule has 1 aliphatic rings. The van der Waals surface area contributed by atoms with E-state index >= 15 is 0 Å². The molecule has 0 saturated carbocycles. The smallest absolute Gasteiger partial charge is 0.241 e. The lowest BCUT2D eigenvalue weighted by atomic mass is 10.1. The van der Waals surface area contributed by atoms with Crippen LogP contribution >= 0.6 is 0 Å². The normalized spacial score (nSPS) is 23.6. The lowest BCUT2D eigenvalue weighted by molar-refractivity contribution is -0.130. The highest BCUT2D eigenvalue weighted by Crippen LogP contribution is 2.17. The summed E-state index contributed by atoms with van der Waals surface area (Å²) in [7, 11) is 0. The van der Waals surface area contributed by atoms with Crippen molar-refractivity contribution < 1.29 is 9.53 Å². The molecular weight excluding hydrogens is 240 g/mol. The molecule has 0 aromatic heterocycles. The Labute approximate surface area is 117 Å². The minimum Gasteiger partial charge on any atom is -0.379 e. The van der Waals surface area contributed by atoms with Gasteiger partial charge in [0.05, 0.1) is 18.3 Å². The summed E-state index contributed by atoms with van der Waals surface area (Å²) in [5.41, 5.74) is 0. The van der Waals surface area contributed by atoms with Crippen LogP contribution in [0.15, 0.2) is 0 Å². The van der Waals surface area contributed by atoms with Crippen LogP contribution in [0.3, 0.4) is 0 Å². The van der Waals surface area contributed by atoms with E-state index in [1.807, 2.05) is 4.90 Å². The summed E-state index contributed by atoms with van der Waals surface area (Å²) in [4.78, 5) is 14.3. The predicted molar refractivity (Wildman–Crippen MR) is 77.9 cm³/mol. The summed E-state index contributed by atoms with van der Waals surface area (Å²) >= 11 is 0. The second-order valence-corrected chi connectivity index (χ2v) is 5.59. The molecule has 0 spiro atoms. The highest BCUT2D eigenvalue weighted by molar-refractivity contribution is 5.84. The molecule has 1 aliphatic heterocycles. The molecule has 19 heavy (non-hydrogen) atoms. The quantitative estimate of drug-likeness (QED) is 0.655. The SMILES string of the molecule is CCCC1NC(CC)N(CCCCOC(C)C)C1=O. The number of ether oxygens (including phenoxy) is 1. The maximum absolute atomic E-state index is 12.3. The number of hydrogen-bond acceptors (Lipinski definition) is 3. The van der Waals surface area contributed by atoms with E-state index in [2.05, 4.69) is 33.0 Å². The molecule has 1 heterocycles. The van der Waals surface area contributed by atoms with E-state index in [4.69, 9.17) is 4.74 Å². The van der Waals surface area contributed by atoms with E-state index in [1.54, 1.807) is 0 Å². The average Bonchev–Trinajstić information content (AvgIpc) is 2.66. The Balaban J connectivity index is 2.32. The van der Waals surface area contributed by atoms with Gasteiger partial charge in [0, 0.05) is 13.2 Å². The second kappa shape index (κ2) is 8.54. The average molecular weight is 270 g/mol. The van der Waals surface area contributed by atoms with Gasteiger partial charge in [-0.2, -0.15) is 0 Å². The number of rotatable bonds is 9. The van der Waals surface area contributed by atoms with Gasteiger partial charge in [0.15, 0.2) is 0 Å². The van der Waals surface area contributed by atoms with Crippen molar-refractivity contribution in [1.29, 1.82) is 0 Å². The Kier molecular flexibility index (Phi) is 7.39. The maximum Gasteiger partial charge on any atom is 0.241 e. The molecule has 1 N–H and O–H groups in total. The third-order valence-corrected chi connectivity index (χ3v) is 3.56. The van der Waals surface area contributed by atoms with Crippen LogP contribution < -0.4 is 5.32 Å². The number of nitrogens with one attached hydrogen (secondary N) is 1. The Morgan fingerprint density at radius 2 is 2.05 bits per heavy atom. The van der Waals surface area contributed by atoms with E-state index in [1.165, 1.54) is 0 Å². The minimum absolute atomic E-state index is 0.0434. The maximum atomic E-state index is 12.3. The Morgan fingerprint density at radius 1 is 1.32 bits per heavy atom. The van der Waals surface area contributed by atoms with E-state index in [0.717, 1.165) is 45.3 Å². The first-order chi connectivity index (χ1) is 9.10. The van der Waals surface area contributed by atoms with Gasteiger partial charge in [-0.1, -0.05) is 20.3 Å². The van der Waals surface area contributed by atoms with Crippen molar-refractivity contribution >= 4 is 5.91 Å². The third kappa shape index (κ3) is 5.11. The van der Waals surface area contributed by atoms with Crippen LogP contribution in [0.4, 0.5) is 0 Å². The second-order valence-electron chi connectivity index (χ2n) is 5.59. The van der Waals surface area contributed by atoms with Gasteiger partial charge in [0.1, 0.15) is 0 Å². The Morgan fingerprint density at radius 3 is 2.63 bits per heavy atom. The highest BCUT2D eigenvalue weighted by Gasteiger charge is 2.36. The van der Waals surface area contributed by atoms with Crippen LogP contribution in [-0.2, 0) is 9.53 Å². The molecule has 2 unspecified atom stereocenters. The van der Waals surface area contributed by atoms with Crippen molar-refractivity contribution in [3.63, 3.8) is 0 Å². The molecule has 1 fully saturated rings. The number of nitrogens with zero attached hydrogens (tertiary/aromatic N) is 1. The molecule has 0 bridgehead atoms. The zero-order chi connectivity index (χ0) is 14.3. The molecule has 0 aromatic carbocycles. The number of carbonyl (C=O) groups excluding carboxylic acids is 1. The van der Waals surface area contributed by atoms with Gasteiger partial charge in [-0.3, -0.25) is 10.1 Å². The summed E-state index contributed by atoms with van der Waals surface area (Å²) < 4.78 is 5.53. The Hall–Kier alpha value is -0.610. The van der Waals surface area contributed by atoms with Gasteiger partial charge >= 0.3 is 0 Å². The molecule has 1 rings (SSSR count). The van der Waals surface area contributed by atoms with E-state index in [9.17, 15) is 4.79 Å². The van der Waals surface area contributed by atoms with Crippen LogP contribution in [0.5, 0.6) is 0 Å². The molecule has 112 valence electrons. The van der Waals surface area contributed by atoms with Crippen molar-refractivity contribution in [1.82, 2.24) is 10.2 Å². The van der Waals surface area contributed by atoms with Gasteiger partial charge in [0.25, 0.3) is 0 Å². The van der Waals surface area contributed by atoms with Crippen molar-refractivity contribution in [3.8, 4) is 0 Å². The summed E-state index contributed by atoms with van der Waals surface area (Å²) in [6, 6.07) is 0.0434. The van der Waals surface area contributed by atoms with Crippen LogP contribution in [-0.4, -0.2) is 42.3 Å². The van der Waals surface area contributed by atoms with Gasteiger partial charge in [-0.25, -0.2) is 0 Å². The molecule has 0 aliphatic carbocycles. The molecular formula is C15H30N2O2. The monoisotopic (exact) mass is 270 g/mol. The molecule has 4 heteroatoms. The number of amides is 1. The summed E-state index contributed by atoms with van der Waals surface area (Å²) in [5.74, 6) is 0.290. The van der Waals surface area contributed by atoms with Crippen molar-refractivity contribution in [2.24, 2.45) is 0 Å². The first-order valence-electron chi connectivity index (χ1n) is 7.78. The van der Waals surface area contributed by atoms with Crippen molar-refractivity contribution in [3.05, 3.63) is 0 Å². The van der Waals surface area contributed by atoms with Gasteiger partial charge < -0.3 is 9.64 Å². The fourth-order valence-electron chi connectivity index (χ4n) is 2.55. The number of unbranched alkanes of at least 4 members (excludes halogenated alkanes) is 1. The van der Waals surface area contributed by atoms with Gasteiger partial charge in [0.2, 0.25) is 5.91 Å². The highest BCUT2D eigenvalue weighted by atomic mass is 16.5. The summed E-state index contributed by atoms with van der Waals surface area (Å²) in [6.07, 6.45) is 5.56. The van der Waals surface area contributed by atoms with Gasteiger partial charge in [-0.05, 0) is 39.5 Å². The zero-order valence-electron chi connectivity index (χ0n) is 12.9. The number of hydrogen-bond donors (Lipinski definition) is 1. The van der Waals surface area contributed by atoms with Crippen molar-refractivity contribution in [2.45, 2.75) is 78.1 Å². The van der Waals surface area contributed by atoms with E-state index in [-0.39, 0.29) is 12.2 Å². The fourth-order valence-corrected chi connectivity index (χ4v) is 2.55. The van der Waals surface area contributed by atoms with E-state index in [0.29, 0.717) is 12.0 Å². The van der Waals surface area contributed by atoms with Crippen molar-refractivity contribution in [2.75, 3.05) is 13.2 Å². The van der Waals surface area contributed by atoms with Crippen LogP contribution in [0.1, 0.15) is 59.8 Å². The lowest BCUT2D eigenvalue weighted by Gasteiger charge is -2.23. The largest absolute Gasteiger partial charge is 0.379 e. The Bertz CT molecular complexity index is 269. The molecule has 1 amide bonds. The minimum atomic E-state index is 0.0434. The third-order valence-electron chi connectivity index (χ3n) is 3.56. The first kappa shape index (κ1) is 16.4. The molecule has 4 nitrogen and oxygen atoms in total. The van der Waals surface area contributed by atoms with Gasteiger partial charge in [-0.15, -0.1) is 0 Å². The predicted octanol–water partition coefficient (Wildman–Crippen LogP) is 2.53. The fraction of sp³-hybridized carbons (Fsp3) is 0.933. The van der Waals surface area contributed by atoms with Crippen LogP contribution in [0.25, 0.3) is 0 Å². The topological polar surface area (TPSA) is 41.6 Å². The van der Waals surface area contributed by atoms with Crippen LogP contribution in [0, 0.1) is 0 Å². The first-order valence-corrected chi connectivity index (χ1v) is 7.78. The zero-order valence-corrected chi connectivity index (χ0v) is 12.9. The molecule has 2 atom stereocenters. The lowest BCUT2D eigenvalue weighted by Crippen LogP contribution is -2.37. The molecule has 0 radical (unpaired) electrons. The van der Waals surface area contributed by atoms with Crippen LogP contribution in [0.2, 0.25) is 0 Å². The summed E-state index contributed by atoms with van der Waals surface area (Å²) in [6.45, 7) is 10.0. The summed E-state index contributed by atoms with van der Waals surface area (Å²) in [5, 5.41) is 3.45.